The number of hydrogen-bond donors (Lipinski definition) is 0. The number of rotatable bonds is 5. The van der Waals surface area contributed by atoms with Crippen molar-refractivity contribution in [1.29, 1.82) is 0 Å². The molecule has 0 unspecified atom stereocenters. The molecular weight excluding hydrogens is 379 g/mol. The van der Waals surface area contributed by atoms with E-state index in [-0.39, 0.29) is 18.7 Å². The van der Waals surface area contributed by atoms with Crippen LogP contribution in [0.2, 0.25) is 0 Å². The maximum absolute atomic E-state index is 12.9. The Hall–Kier alpha value is -2.54. The molecule has 3 rings (SSSR count). The van der Waals surface area contributed by atoms with Crippen molar-refractivity contribution < 1.29 is 18.4 Å². The molecule has 0 fully saturated rings. The number of carbonyl (C=O) groups excluding carboxylic acids is 1. The largest absolute Gasteiger partial charge is 0.425 e. The monoisotopic (exact) mass is 390 g/mol. The molecule has 0 aliphatic heterocycles. The lowest BCUT2D eigenvalue weighted by molar-refractivity contribution is -0.134. The minimum atomic E-state index is -0.400. The fourth-order valence-corrected chi connectivity index (χ4v) is 2.35. The normalized spacial score (nSPS) is 10.6. The lowest BCUT2D eigenvalue weighted by atomic mass is 10.2. The van der Waals surface area contributed by atoms with Crippen LogP contribution >= 0.6 is 15.9 Å². The molecule has 122 valence electrons. The van der Waals surface area contributed by atoms with Gasteiger partial charge < -0.3 is 9.26 Å². The molecule has 0 bridgehead atoms. The second-order valence-corrected chi connectivity index (χ2v) is 5.78. The highest BCUT2D eigenvalue weighted by atomic mass is 79.9. The quantitative estimate of drug-likeness (QED) is 0.482. The Morgan fingerprint density at radius 1 is 1.17 bits per heavy atom. The molecule has 3 aromatic rings. The maximum Gasteiger partial charge on any atom is 0.311 e. The molecule has 0 radical (unpaired) electrons. The summed E-state index contributed by atoms with van der Waals surface area (Å²) in [7, 11) is 0. The minimum absolute atomic E-state index is 0.104. The van der Waals surface area contributed by atoms with E-state index in [9.17, 15) is 9.18 Å². The van der Waals surface area contributed by atoms with Gasteiger partial charge in [0, 0.05) is 12.0 Å². The molecule has 0 saturated heterocycles. The van der Waals surface area contributed by atoms with Crippen LogP contribution in [0.1, 0.15) is 12.3 Å². The summed E-state index contributed by atoms with van der Waals surface area (Å²) in [5, 5.41) is 3.82. The van der Waals surface area contributed by atoms with E-state index in [2.05, 4.69) is 26.1 Å². The van der Waals surface area contributed by atoms with Crippen molar-refractivity contribution in [2.75, 3.05) is 0 Å². The maximum atomic E-state index is 12.9. The fraction of sp³-hybridized carbons (Fsp3) is 0.118. The Labute approximate surface area is 145 Å². The highest BCUT2D eigenvalue weighted by Gasteiger charge is 2.13. The van der Waals surface area contributed by atoms with E-state index < -0.39 is 5.97 Å². The van der Waals surface area contributed by atoms with Crippen molar-refractivity contribution in [1.82, 2.24) is 10.1 Å². The Morgan fingerprint density at radius 3 is 2.67 bits per heavy atom. The number of halogens is 2. The summed E-state index contributed by atoms with van der Waals surface area (Å²) in [6.45, 7) is 0. The van der Waals surface area contributed by atoms with Gasteiger partial charge in [-0.3, -0.25) is 4.79 Å². The topological polar surface area (TPSA) is 65.2 Å². The van der Waals surface area contributed by atoms with Gasteiger partial charge in [0.15, 0.2) is 0 Å². The van der Waals surface area contributed by atoms with Gasteiger partial charge in [0.2, 0.25) is 11.7 Å². The zero-order chi connectivity index (χ0) is 16.9. The number of benzene rings is 2. The van der Waals surface area contributed by atoms with Crippen LogP contribution in [-0.4, -0.2) is 16.1 Å². The van der Waals surface area contributed by atoms with E-state index in [1.165, 1.54) is 12.1 Å². The standard InChI is InChI=1S/C17H12BrFN2O3/c18-13-3-1-2-4-14(13)23-16(22)10-9-15-20-17(21-24-15)11-5-7-12(19)8-6-11/h1-8H,9-10H2. The first kappa shape index (κ1) is 16.3. The van der Waals surface area contributed by atoms with Crippen LogP contribution in [0.4, 0.5) is 4.39 Å². The molecule has 0 atom stereocenters. The number of nitrogens with zero attached hydrogens (tertiary/aromatic N) is 2. The van der Waals surface area contributed by atoms with Crippen molar-refractivity contribution >= 4 is 21.9 Å². The summed E-state index contributed by atoms with van der Waals surface area (Å²) in [6.07, 6.45) is 0.365. The molecule has 0 amide bonds. The van der Waals surface area contributed by atoms with Crippen LogP contribution in [0.3, 0.4) is 0 Å². The molecule has 0 N–H and O–H groups in total. The summed E-state index contributed by atoms with van der Waals surface area (Å²) in [5.74, 6) is 0.392. The number of carbonyl (C=O) groups is 1. The Balaban J connectivity index is 1.58. The molecule has 0 aliphatic carbocycles. The third-order valence-electron chi connectivity index (χ3n) is 3.17. The van der Waals surface area contributed by atoms with Crippen LogP contribution < -0.4 is 4.74 Å². The fourth-order valence-electron chi connectivity index (χ4n) is 1.98. The third kappa shape index (κ3) is 4.05. The third-order valence-corrected chi connectivity index (χ3v) is 3.83. The van der Waals surface area contributed by atoms with E-state index in [0.29, 0.717) is 27.5 Å². The summed E-state index contributed by atoms with van der Waals surface area (Å²) in [6, 6.07) is 12.9. The summed E-state index contributed by atoms with van der Waals surface area (Å²) < 4.78 is 24.0. The van der Waals surface area contributed by atoms with Crippen molar-refractivity contribution in [3.05, 3.63) is 64.7 Å². The molecule has 0 aliphatic rings. The van der Waals surface area contributed by atoms with Gasteiger partial charge in [0.25, 0.3) is 0 Å². The van der Waals surface area contributed by atoms with E-state index in [0.717, 1.165) is 0 Å². The molecule has 7 heteroatoms. The molecule has 1 aromatic heterocycles. The number of aryl methyl sites for hydroxylation is 1. The average molecular weight is 391 g/mol. The van der Waals surface area contributed by atoms with Crippen LogP contribution in [-0.2, 0) is 11.2 Å². The summed E-state index contributed by atoms with van der Waals surface area (Å²) in [4.78, 5) is 16.1. The molecular formula is C17H12BrFN2O3. The smallest absolute Gasteiger partial charge is 0.311 e. The number of hydrogen-bond acceptors (Lipinski definition) is 5. The molecule has 5 nitrogen and oxygen atoms in total. The molecule has 24 heavy (non-hydrogen) atoms. The van der Waals surface area contributed by atoms with Gasteiger partial charge >= 0.3 is 5.97 Å². The van der Waals surface area contributed by atoms with E-state index >= 15 is 0 Å². The Morgan fingerprint density at radius 2 is 1.92 bits per heavy atom. The SMILES string of the molecule is O=C(CCc1nc(-c2ccc(F)cc2)no1)Oc1ccccc1Br. The van der Waals surface area contributed by atoms with Gasteiger partial charge in [0.1, 0.15) is 11.6 Å². The highest BCUT2D eigenvalue weighted by molar-refractivity contribution is 9.10. The number of para-hydroxylation sites is 1. The van der Waals surface area contributed by atoms with Gasteiger partial charge in [-0.2, -0.15) is 4.98 Å². The molecule has 0 spiro atoms. The van der Waals surface area contributed by atoms with Gasteiger partial charge in [-0.25, -0.2) is 4.39 Å². The lowest BCUT2D eigenvalue weighted by Crippen LogP contribution is -2.09. The molecule has 0 saturated carbocycles. The second kappa shape index (κ2) is 7.35. The first-order valence-corrected chi connectivity index (χ1v) is 7.95. The number of esters is 1. The van der Waals surface area contributed by atoms with Crippen molar-refractivity contribution in [3.63, 3.8) is 0 Å². The van der Waals surface area contributed by atoms with Crippen LogP contribution in [0.15, 0.2) is 57.5 Å². The van der Waals surface area contributed by atoms with Gasteiger partial charge in [-0.05, 0) is 52.3 Å². The predicted molar refractivity (Wildman–Crippen MR) is 87.8 cm³/mol. The van der Waals surface area contributed by atoms with Gasteiger partial charge in [0.05, 0.1) is 10.9 Å². The zero-order valence-electron chi connectivity index (χ0n) is 12.4. The number of aromatic nitrogens is 2. The highest BCUT2D eigenvalue weighted by Crippen LogP contribution is 2.24. The number of ether oxygens (including phenoxy) is 1. The van der Waals surface area contributed by atoms with E-state index in [1.54, 1.807) is 30.3 Å². The first-order chi connectivity index (χ1) is 11.6. The second-order valence-electron chi connectivity index (χ2n) is 4.92. The van der Waals surface area contributed by atoms with Crippen molar-refractivity contribution in [3.8, 4) is 17.1 Å². The molecule has 1 heterocycles. The van der Waals surface area contributed by atoms with Crippen molar-refractivity contribution in [2.24, 2.45) is 0 Å². The van der Waals surface area contributed by atoms with E-state index in [4.69, 9.17) is 9.26 Å². The molecule has 2 aromatic carbocycles. The van der Waals surface area contributed by atoms with Crippen LogP contribution in [0.25, 0.3) is 11.4 Å². The Kier molecular flexibility index (Phi) is 5.00. The summed E-state index contributed by atoms with van der Waals surface area (Å²) in [5.41, 5.74) is 0.641. The first-order valence-electron chi connectivity index (χ1n) is 7.15. The average Bonchev–Trinajstić information content (AvgIpc) is 3.05. The van der Waals surface area contributed by atoms with Crippen LogP contribution in [0, 0.1) is 5.82 Å². The minimum Gasteiger partial charge on any atom is -0.425 e. The van der Waals surface area contributed by atoms with Crippen LogP contribution in [0.5, 0.6) is 5.75 Å². The zero-order valence-corrected chi connectivity index (χ0v) is 14.0. The van der Waals surface area contributed by atoms with Gasteiger partial charge in [-0.15, -0.1) is 0 Å². The van der Waals surface area contributed by atoms with E-state index in [1.807, 2.05) is 6.07 Å². The van der Waals surface area contributed by atoms with Gasteiger partial charge in [-0.1, -0.05) is 17.3 Å². The summed E-state index contributed by atoms with van der Waals surface area (Å²) >= 11 is 3.31. The van der Waals surface area contributed by atoms with Crippen molar-refractivity contribution in [2.45, 2.75) is 12.8 Å². The predicted octanol–water partition coefficient (Wildman–Crippen LogP) is 4.18. The lowest BCUT2D eigenvalue weighted by Gasteiger charge is -2.04. The Bertz CT molecular complexity index is 849.